The molecule has 1 fully saturated rings. The maximum Gasteiger partial charge on any atom is 0.228 e. The number of hydrogen-bond donors (Lipinski definition) is 1. The first-order valence-corrected chi connectivity index (χ1v) is 10.2. The first-order chi connectivity index (χ1) is 14.2. The molecule has 1 atom stereocenters. The first-order valence-electron chi connectivity index (χ1n) is 9.80. The molecule has 0 aliphatic carbocycles. The van der Waals surface area contributed by atoms with Crippen LogP contribution in [0.4, 0.5) is 0 Å². The summed E-state index contributed by atoms with van der Waals surface area (Å²) in [5.74, 6) is 2.56. The molecule has 0 amide bonds. The lowest BCUT2D eigenvalue weighted by molar-refractivity contribution is 0.0536. The molecule has 1 unspecified atom stereocenters. The van der Waals surface area contributed by atoms with Crippen LogP contribution in [0, 0.1) is 5.92 Å². The van der Waals surface area contributed by atoms with Crippen molar-refractivity contribution in [3.8, 4) is 11.4 Å². The maximum absolute atomic E-state index is 5.92. The summed E-state index contributed by atoms with van der Waals surface area (Å²) in [5, 5.41) is 8.11. The average Bonchev–Trinajstić information content (AvgIpc) is 3.39. The Bertz CT molecular complexity index is 787. The Balaban J connectivity index is 0.00000320. The topological polar surface area (TPSA) is 85.0 Å². The predicted molar refractivity (Wildman–Crippen MR) is 128 cm³/mol. The Kier molecular flexibility index (Phi) is 10.8. The molecule has 30 heavy (non-hydrogen) atoms. The van der Waals surface area contributed by atoms with Crippen molar-refractivity contribution in [2.45, 2.75) is 12.8 Å². The normalized spacial score (nSPS) is 16.6. The largest absolute Gasteiger partial charge is 0.382 e. The fraction of sp³-hybridized carbons (Fsp3) is 0.550. The third kappa shape index (κ3) is 7.36. The van der Waals surface area contributed by atoms with Crippen LogP contribution in [-0.4, -0.2) is 74.6 Å². The van der Waals surface area contributed by atoms with Gasteiger partial charge in [-0.25, -0.2) is 0 Å². The lowest BCUT2D eigenvalue weighted by Crippen LogP contribution is -2.41. The number of halogens is 2. The van der Waals surface area contributed by atoms with Crippen molar-refractivity contribution in [3.05, 3.63) is 35.2 Å². The van der Waals surface area contributed by atoms with Gasteiger partial charge in [0.15, 0.2) is 5.96 Å². The third-order valence-corrected chi connectivity index (χ3v) is 5.03. The zero-order valence-corrected chi connectivity index (χ0v) is 20.4. The molecular weight excluding hydrogens is 521 g/mol. The van der Waals surface area contributed by atoms with E-state index >= 15 is 0 Å². The van der Waals surface area contributed by atoms with Gasteiger partial charge >= 0.3 is 0 Å². The number of likely N-dealkylation sites (tertiary alicyclic amines) is 1. The van der Waals surface area contributed by atoms with E-state index in [9.17, 15) is 0 Å². The van der Waals surface area contributed by atoms with Crippen molar-refractivity contribution >= 4 is 41.5 Å². The van der Waals surface area contributed by atoms with Gasteiger partial charge in [0.25, 0.3) is 0 Å². The van der Waals surface area contributed by atoms with Crippen LogP contribution >= 0.6 is 35.6 Å². The van der Waals surface area contributed by atoms with E-state index in [0.717, 1.165) is 37.6 Å². The van der Waals surface area contributed by atoms with E-state index in [1.165, 1.54) is 0 Å². The number of nitrogens with one attached hydrogen (secondary N) is 1. The van der Waals surface area contributed by atoms with Gasteiger partial charge in [0, 0.05) is 56.7 Å². The van der Waals surface area contributed by atoms with Gasteiger partial charge in [-0.2, -0.15) is 4.98 Å². The number of benzene rings is 1. The Morgan fingerprint density at radius 3 is 2.87 bits per heavy atom. The van der Waals surface area contributed by atoms with Crippen LogP contribution in [0.1, 0.15) is 12.3 Å². The second kappa shape index (κ2) is 13.1. The smallest absolute Gasteiger partial charge is 0.228 e. The second-order valence-corrected chi connectivity index (χ2v) is 7.35. The van der Waals surface area contributed by atoms with E-state index in [1.807, 2.05) is 24.3 Å². The molecule has 10 heteroatoms. The second-order valence-electron chi connectivity index (χ2n) is 6.91. The quantitative estimate of drug-likeness (QED) is 0.223. The molecule has 1 N–H and O–H groups in total. The SMILES string of the molecule is CN=C(NCCc1nc(-c2ccc(Cl)cc2)no1)N1CCC(COCCOC)C1.I. The molecule has 0 bridgehead atoms. The molecule has 0 radical (unpaired) electrons. The third-order valence-electron chi connectivity index (χ3n) is 4.78. The van der Waals surface area contributed by atoms with E-state index in [4.69, 9.17) is 25.6 Å². The van der Waals surface area contributed by atoms with Gasteiger partial charge in [0.2, 0.25) is 11.7 Å². The molecule has 166 valence electrons. The number of aliphatic imine (C=N–C) groups is 1. The summed E-state index contributed by atoms with van der Waals surface area (Å²) in [6.45, 7) is 4.61. The Morgan fingerprint density at radius 1 is 1.33 bits per heavy atom. The van der Waals surface area contributed by atoms with Crippen molar-refractivity contribution in [1.29, 1.82) is 0 Å². The summed E-state index contributed by atoms with van der Waals surface area (Å²) in [6, 6.07) is 7.37. The number of rotatable bonds is 9. The van der Waals surface area contributed by atoms with Crippen LogP contribution in [0.2, 0.25) is 5.02 Å². The fourth-order valence-corrected chi connectivity index (χ4v) is 3.37. The van der Waals surface area contributed by atoms with Crippen LogP contribution in [0.25, 0.3) is 11.4 Å². The standard InChI is InChI=1S/C20H28ClN5O3.HI/c1-22-20(26-10-8-15(13-26)14-28-12-11-27-2)23-9-7-18-24-19(25-29-18)16-3-5-17(21)6-4-16;/h3-6,15H,7-14H2,1-2H3,(H,22,23);1H. The zero-order chi connectivity index (χ0) is 20.5. The lowest BCUT2D eigenvalue weighted by atomic mass is 10.1. The highest BCUT2D eigenvalue weighted by Crippen LogP contribution is 2.19. The Morgan fingerprint density at radius 2 is 2.13 bits per heavy atom. The molecule has 1 aromatic heterocycles. The Hall–Kier alpha value is -1.43. The fourth-order valence-electron chi connectivity index (χ4n) is 3.24. The van der Waals surface area contributed by atoms with E-state index in [0.29, 0.717) is 48.8 Å². The molecule has 0 spiro atoms. The monoisotopic (exact) mass is 549 g/mol. The summed E-state index contributed by atoms with van der Waals surface area (Å²) in [6.07, 6.45) is 1.72. The van der Waals surface area contributed by atoms with Crippen LogP contribution < -0.4 is 5.32 Å². The molecule has 0 saturated carbocycles. The van der Waals surface area contributed by atoms with Gasteiger partial charge in [-0.05, 0) is 30.7 Å². The summed E-state index contributed by atoms with van der Waals surface area (Å²) in [5.41, 5.74) is 0.879. The zero-order valence-electron chi connectivity index (χ0n) is 17.3. The van der Waals surface area contributed by atoms with Gasteiger partial charge in [-0.3, -0.25) is 4.99 Å². The van der Waals surface area contributed by atoms with Crippen LogP contribution in [-0.2, 0) is 15.9 Å². The molecule has 2 aromatic rings. The number of hydrogen-bond acceptors (Lipinski definition) is 6. The van der Waals surface area contributed by atoms with Crippen molar-refractivity contribution in [1.82, 2.24) is 20.4 Å². The van der Waals surface area contributed by atoms with Gasteiger partial charge < -0.3 is 24.2 Å². The van der Waals surface area contributed by atoms with Crippen LogP contribution in [0.15, 0.2) is 33.8 Å². The summed E-state index contributed by atoms with van der Waals surface area (Å²) in [4.78, 5) is 11.1. The van der Waals surface area contributed by atoms with Crippen LogP contribution in [0.5, 0.6) is 0 Å². The molecule has 1 aliphatic heterocycles. The number of nitrogens with zero attached hydrogens (tertiary/aromatic N) is 4. The highest BCUT2D eigenvalue weighted by atomic mass is 127. The van der Waals surface area contributed by atoms with Gasteiger partial charge in [0.05, 0.1) is 19.8 Å². The van der Waals surface area contributed by atoms with Crippen molar-refractivity contribution in [2.75, 3.05) is 53.6 Å². The number of ether oxygens (including phenoxy) is 2. The average molecular weight is 550 g/mol. The lowest BCUT2D eigenvalue weighted by Gasteiger charge is -2.21. The van der Waals surface area contributed by atoms with Gasteiger partial charge in [-0.15, -0.1) is 24.0 Å². The highest BCUT2D eigenvalue weighted by molar-refractivity contribution is 14.0. The summed E-state index contributed by atoms with van der Waals surface area (Å²) in [7, 11) is 3.49. The highest BCUT2D eigenvalue weighted by Gasteiger charge is 2.25. The van der Waals surface area contributed by atoms with E-state index < -0.39 is 0 Å². The maximum atomic E-state index is 5.92. The first kappa shape index (κ1) is 24.8. The minimum Gasteiger partial charge on any atom is -0.382 e. The van der Waals surface area contributed by atoms with Crippen molar-refractivity contribution in [2.24, 2.45) is 10.9 Å². The number of aromatic nitrogens is 2. The van der Waals surface area contributed by atoms with Gasteiger partial charge in [0.1, 0.15) is 0 Å². The molecule has 1 aliphatic rings. The minimum absolute atomic E-state index is 0. The number of guanidine groups is 1. The van der Waals surface area contributed by atoms with E-state index in [1.54, 1.807) is 14.2 Å². The van der Waals surface area contributed by atoms with Crippen molar-refractivity contribution in [3.63, 3.8) is 0 Å². The van der Waals surface area contributed by atoms with Gasteiger partial charge in [-0.1, -0.05) is 16.8 Å². The molecule has 1 saturated heterocycles. The predicted octanol–water partition coefficient (Wildman–Crippen LogP) is 3.11. The molecule has 1 aromatic carbocycles. The number of methoxy groups -OCH3 is 1. The molecule has 8 nitrogen and oxygen atoms in total. The van der Waals surface area contributed by atoms with Crippen molar-refractivity contribution < 1.29 is 14.0 Å². The summed E-state index contributed by atoms with van der Waals surface area (Å²) >= 11 is 5.92. The summed E-state index contributed by atoms with van der Waals surface area (Å²) < 4.78 is 16.0. The van der Waals surface area contributed by atoms with E-state index in [2.05, 4.69) is 25.3 Å². The van der Waals surface area contributed by atoms with E-state index in [-0.39, 0.29) is 24.0 Å². The Labute approximate surface area is 199 Å². The minimum atomic E-state index is 0. The molecule has 3 rings (SSSR count). The molecular formula is C20H29ClIN5O3. The molecule has 2 heterocycles. The van der Waals surface area contributed by atoms with Crippen LogP contribution in [0.3, 0.4) is 0 Å².